The molecule has 1 saturated heterocycles. The molecule has 0 aliphatic carbocycles. The van der Waals surface area contributed by atoms with Crippen molar-refractivity contribution in [2.75, 3.05) is 23.4 Å². The summed E-state index contributed by atoms with van der Waals surface area (Å²) in [6.07, 6.45) is 4.58. The van der Waals surface area contributed by atoms with Crippen molar-refractivity contribution in [2.45, 2.75) is 19.8 Å². The van der Waals surface area contributed by atoms with Crippen molar-refractivity contribution in [3.63, 3.8) is 0 Å². The number of rotatable bonds is 3. The van der Waals surface area contributed by atoms with Crippen molar-refractivity contribution in [1.82, 2.24) is 14.6 Å². The van der Waals surface area contributed by atoms with E-state index in [1.54, 1.807) is 0 Å². The van der Waals surface area contributed by atoms with Crippen molar-refractivity contribution < 1.29 is 0 Å². The summed E-state index contributed by atoms with van der Waals surface area (Å²) in [5.74, 6) is 4.12. The lowest BCUT2D eigenvalue weighted by Gasteiger charge is -2.20. The molecule has 96 valence electrons. The molecule has 3 heterocycles. The maximum Gasteiger partial charge on any atom is 0.243 e. The molecule has 0 bridgehead atoms. The van der Waals surface area contributed by atoms with Crippen LogP contribution in [0.25, 0.3) is 5.65 Å². The number of fused-ring (bicyclic) bond motifs is 1. The molecule has 4 nitrogen and oxygen atoms in total. The first-order valence-corrected chi connectivity index (χ1v) is 7.61. The second kappa shape index (κ2) is 5.18. The smallest absolute Gasteiger partial charge is 0.243 e. The average Bonchev–Trinajstić information content (AvgIpc) is 2.79. The standard InChI is InChI=1S/C13H18N4S/c1-10-2-5-17-12(8-10)15-13(16-17)14-9-11-3-6-18-7-4-11/h2,5,8,11H,3-4,6-7,9H2,1H3,(H,14,16). The number of thioether (sulfide) groups is 1. The Labute approximate surface area is 111 Å². The highest BCUT2D eigenvalue weighted by Gasteiger charge is 2.14. The predicted octanol–water partition coefficient (Wildman–Crippen LogP) is 2.59. The molecular weight excluding hydrogens is 244 g/mol. The fourth-order valence-electron chi connectivity index (χ4n) is 2.24. The van der Waals surface area contributed by atoms with Crippen molar-refractivity contribution in [3.05, 3.63) is 23.9 Å². The molecule has 18 heavy (non-hydrogen) atoms. The highest BCUT2D eigenvalue weighted by atomic mass is 32.2. The maximum atomic E-state index is 4.49. The SMILES string of the molecule is Cc1ccn2nc(NCC3CCSCC3)nc2c1. The van der Waals surface area contributed by atoms with Crippen LogP contribution in [0.5, 0.6) is 0 Å². The highest BCUT2D eigenvalue weighted by Crippen LogP contribution is 2.22. The molecule has 3 rings (SSSR count). The van der Waals surface area contributed by atoms with Gasteiger partial charge in [0.15, 0.2) is 5.65 Å². The van der Waals surface area contributed by atoms with E-state index < -0.39 is 0 Å². The summed E-state index contributed by atoms with van der Waals surface area (Å²) in [5.41, 5.74) is 2.13. The van der Waals surface area contributed by atoms with E-state index in [-0.39, 0.29) is 0 Å². The zero-order valence-corrected chi connectivity index (χ0v) is 11.4. The summed E-state index contributed by atoms with van der Waals surface area (Å²) in [7, 11) is 0. The Morgan fingerprint density at radius 2 is 2.28 bits per heavy atom. The van der Waals surface area contributed by atoms with Crippen molar-refractivity contribution in [1.29, 1.82) is 0 Å². The van der Waals surface area contributed by atoms with Gasteiger partial charge in [0, 0.05) is 12.7 Å². The third-order valence-corrected chi connectivity index (χ3v) is 4.43. The van der Waals surface area contributed by atoms with Gasteiger partial charge in [-0.2, -0.15) is 16.7 Å². The lowest BCUT2D eigenvalue weighted by molar-refractivity contribution is 0.515. The first-order valence-electron chi connectivity index (χ1n) is 6.46. The normalized spacial score (nSPS) is 17.2. The van der Waals surface area contributed by atoms with E-state index in [1.165, 1.54) is 29.9 Å². The molecule has 1 aliphatic rings. The van der Waals surface area contributed by atoms with E-state index in [4.69, 9.17) is 0 Å². The number of aromatic nitrogens is 3. The predicted molar refractivity (Wildman–Crippen MR) is 76.3 cm³/mol. The minimum atomic E-state index is 0.749. The summed E-state index contributed by atoms with van der Waals surface area (Å²) in [5, 5.41) is 7.80. The lowest BCUT2D eigenvalue weighted by Crippen LogP contribution is -2.19. The third kappa shape index (κ3) is 2.61. The molecule has 1 aliphatic heterocycles. The van der Waals surface area contributed by atoms with Crippen molar-refractivity contribution in [3.8, 4) is 0 Å². The minimum Gasteiger partial charge on any atom is -0.353 e. The molecular formula is C13H18N4S. The molecule has 0 saturated carbocycles. The Balaban J connectivity index is 1.67. The van der Waals surface area contributed by atoms with Crippen LogP contribution in [0.1, 0.15) is 18.4 Å². The number of aryl methyl sites for hydroxylation is 1. The van der Waals surface area contributed by atoms with Gasteiger partial charge in [-0.25, -0.2) is 4.52 Å². The molecule has 1 N–H and O–H groups in total. The quantitative estimate of drug-likeness (QED) is 0.923. The lowest BCUT2D eigenvalue weighted by atomic mass is 10.0. The third-order valence-electron chi connectivity index (χ3n) is 3.38. The number of nitrogens with zero attached hydrogens (tertiary/aromatic N) is 3. The van der Waals surface area contributed by atoms with Crippen LogP contribution in [0.3, 0.4) is 0 Å². The number of nitrogens with one attached hydrogen (secondary N) is 1. The van der Waals surface area contributed by atoms with Gasteiger partial charge in [-0.3, -0.25) is 0 Å². The van der Waals surface area contributed by atoms with Gasteiger partial charge >= 0.3 is 0 Å². The van der Waals surface area contributed by atoms with Crippen LogP contribution < -0.4 is 5.32 Å². The number of anilines is 1. The van der Waals surface area contributed by atoms with Gasteiger partial charge in [0.1, 0.15) is 0 Å². The zero-order chi connectivity index (χ0) is 12.4. The van der Waals surface area contributed by atoms with Crippen LogP contribution >= 0.6 is 11.8 Å². The number of hydrogen-bond acceptors (Lipinski definition) is 4. The molecule has 0 spiro atoms. The first-order chi connectivity index (χ1) is 8.81. The Morgan fingerprint density at radius 1 is 1.44 bits per heavy atom. The Bertz CT molecular complexity index is 531. The summed E-state index contributed by atoms with van der Waals surface area (Å²) >= 11 is 2.06. The van der Waals surface area contributed by atoms with E-state index in [0.717, 1.165) is 24.1 Å². The first kappa shape index (κ1) is 11.8. The van der Waals surface area contributed by atoms with Crippen molar-refractivity contribution >= 4 is 23.4 Å². The maximum absolute atomic E-state index is 4.49. The van der Waals surface area contributed by atoms with Gasteiger partial charge < -0.3 is 5.32 Å². The fraction of sp³-hybridized carbons (Fsp3) is 0.538. The number of hydrogen-bond donors (Lipinski definition) is 1. The molecule has 1 fully saturated rings. The molecule has 0 atom stereocenters. The van der Waals surface area contributed by atoms with Crippen LogP contribution in [-0.4, -0.2) is 32.6 Å². The molecule has 5 heteroatoms. The monoisotopic (exact) mass is 262 g/mol. The second-order valence-electron chi connectivity index (χ2n) is 4.88. The zero-order valence-electron chi connectivity index (χ0n) is 10.6. The van der Waals surface area contributed by atoms with Crippen LogP contribution in [-0.2, 0) is 0 Å². The van der Waals surface area contributed by atoms with Gasteiger partial charge in [-0.1, -0.05) is 0 Å². The molecule has 0 radical (unpaired) electrons. The topological polar surface area (TPSA) is 42.2 Å². The Hall–Kier alpha value is -1.23. The van der Waals surface area contributed by atoms with E-state index in [0.29, 0.717) is 0 Å². The molecule has 0 amide bonds. The van der Waals surface area contributed by atoms with E-state index in [1.807, 2.05) is 16.8 Å². The van der Waals surface area contributed by atoms with E-state index >= 15 is 0 Å². The van der Waals surface area contributed by atoms with Gasteiger partial charge in [0.2, 0.25) is 5.95 Å². The summed E-state index contributed by atoms with van der Waals surface area (Å²) in [6, 6.07) is 4.10. The summed E-state index contributed by atoms with van der Waals surface area (Å²) < 4.78 is 1.83. The van der Waals surface area contributed by atoms with Crippen LogP contribution in [0, 0.1) is 12.8 Å². The molecule has 2 aromatic heterocycles. The van der Waals surface area contributed by atoms with Crippen LogP contribution in [0.4, 0.5) is 5.95 Å². The summed E-state index contributed by atoms with van der Waals surface area (Å²) in [4.78, 5) is 4.49. The van der Waals surface area contributed by atoms with E-state index in [2.05, 4.69) is 40.2 Å². The Morgan fingerprint density at radius 3 is 3.11 bits per heavy atom. The molecule has 0 aromatic carbocycles. The van der Waals surface area contributed by atoms with E-state index in [9.17, 15) is 0 Å². The summed E-state index contributed by atoms with van der Waals surface area (Å²) in [6.45, 7) is 3.07. The van der Waals surface area contributed by atoms with Crippen LogP contribution in [0.15, 0.2) is 18.3 Å². The van der Waals surface area contributed by atoms with Gasteiger partial charge in [0.25, 0.3) is 0 Å². The van der Waals surface area contributed by atoms with Gasteiger partial charge in [-0.15, -0.1) is 5.10 Å². The van der Waals surface area contributed by atoms with Crippen LogP contribution in [0.2, 0.25) is 0 Å². The second-order valence-corrected chi connectivity index (χ2v) is 6.10. The fourth-order valence-corrected chi connectivity index (χ4v) is 3.45. The van der Waals surface area contributed by atoms with Gasteiger partial charge in [-0.05, 0) is 54.9 Å². The number of pyridine rings is 1. The van der Waals surface area contributed by atoms with Gasteiger partial charge in [0.05, 0.1) is 0 Å². The largest absolute Gasteiger partial charge is 0.353 e. The average molecular weight is 262 g/mol. The molecule has 2 aromatic rings. The Kier molecular flexibility index (Phi) is 3.41. The minimum absolute atomic E-state index is 0.749. The molecule has 0 unspecified atom stereocenters. The highest BCUT2D eigenvalue weighted by molar-refractivity contribution is 7.99. The van der Waals surface area contributed by atoms with Crippen molar-refractivity contribution in [2.24, 2.45) is 5.92 Å².